The Hall–Kier alpha value is -1.95. The molecular formula is C14H19N3O3. The molecule has 0 spiro atoms. The summed E-state index contributed by atoms with van der Waals surface area (Å²) in [6.07, 6.45) is 3.19. The molecule has 0 unspecified atom stereocenters. The van der Waals surface area contributed by atoms with Gasteiger partial charge in [-0.25, -0.2) is 0 Å². The summed E-state index contributed by atoms with van der Waals surface area (Å²) in [5.74, 6) is -0.901. The topological polar surface area (TPSA) is 94.3 Å². The van der Waals surface area contributed by atoms with E-state index in [-0.39, 0.29) is 5.91 Å². The lowest BCUT2D eigenvalue weighted by molar-refractivity contribution is -0.127. The van der Waals surface area contributed by atoms with Gasteiger partial charge in [0.15, 0.2) is 0 Å². The van der Waals surface area contributed by atoms with Gasteiger partial charge in [0.25, 0.3) is 5.91 Å². The number of hydrogen-bond acceptors (Lipinski definition) is 4. The molecule has 6 nitrogen and oxygen atoms in total. The number of aryl methyl sites for hydroxylation is 1. The Morgan fingerprint density at radius 2 is 2.15 bits per heavy atom. The highest BCUT2D eigenvalue weighted by Gasteiger charge is 2.40. The van der Waals surface area contributed by atoms with Crippen molar-refractivity contribution < 1.29 is 14.3 Å². The standard InChI is InChI=1S/C14H19N3O3/c1-2-10-3-6-16-11(9-10)12(18)17-14(13(15)19)4-7-20-8-5-14/h3,6,9H,2,4-5,7-8H2,1H3,(H2,15,19)(H,17,18). The number of hydrogen-bond donors (Lipinski definition) is 2. The number of amides is 2. The van der Waals surface area contributed by atoms with Gasteiger partial charge in [0.2, 0.25) is 5.91 Å². The maximum Gasteiger partial charge on any atom is 0.270 e. The minimum absolute atomic E-state index is 0.302. The minimum Gasteiger partial charge on any atom is -0.381 e. The first kappa shape index (κ1) is 14.5. The maximum atomic E-state index is 12.3. The summed E-state index contributed by atoms with van der Waals surface area (Å²) < 4.78 is 5.22. The molecule has 1 aliphatic rings. The van der Waals surface area contributed by atoms with Crippen LogP contribution in [-0.4, -0.2) is 35.6 Å². The lowest BCUT2D eigenvalue weighted by Gasteiger charge is -2.34. The van der Waals surface area contributed by atoms with Crippen LogP contribution in [0.4, 0.5) is 0 Å². The second-order valence-corrected chi connectivity index (χ2v) is 4.92. The van der Waals surface area contributed by atoms with Crippen molar-refractivity contribution in [1.29, 1.82) is 0 Å². The number of rotatable bonds is 4. The Kier molecular flexibility index (Phi) is 4.34. The first-order chi connectivity index (χ1) is 9.57. The van der Waals surface area contributed by atoms with Crippen LogP contribution in [0.1, 0.15) is 35.8 Å². The van der Waals surface area contributed by atoms with Gasteiger partial charge in [-0.2, -0.15) is 0 Å². The average molecular weight is 277 g/mol. The van der Waals surface area contributed by atoms with Crippen LogP contribution in [0.25, 0.3) is 0 Å². The minimum atomic E-state index is -1.03. The Labute approximate surface area is 117 Å². The Morgan fingerprint density at radius 3 is 2.75 bits per heavy atom. The zero-order valence-corrected chi connectivity index (χ0v) is 11.5. The van der Waals surface area contributed by atoms with Crippen molar-refractivity contribution in [3.8, 4) is 0 Å². The third-order valence-electron chi connectivity index (χ3n) is 3.64. The zero-order valence-electron chi connectivity index (χ0n) is 11.5. The summed E-state index contributed by atoms with van der Waals surface area (Å²) in [6.45, 7) is 2.82. The average Bonchev–Trinajstić information content (AvgIpc) is 2.48. The van der Waals surface area contributed by atoms with E-state index < -0.39 is 11.4 Å². The lowest BCUT2D eigenvalue weighted by atomic mass is 9.89. The number of aromatic nitrogens is 1. The first-order valence-electron chi connectivity index (χ1n) is 6.72. The molecule has 108 valence electrons. The molecule has 2 amide bonds. The molecule has 2 rings (SSSR count). The van der Waals surface area contributed by atoms with Crippen LogP contribution < -0.4 is 11.1 Å². The van der Waals surface area contributed by atoms with Gasteiger partial charge in [-0.05, 0) is 24.1 Å². The first-order valence-corrected chi connectivity index (χ1v) is 6.72. The van der Waals surface area contributed by atoms with Gasteiger partial charge < -0.3 is 15.8 Å². The second-order valence-electron chi connectivity index (χ2n) is 4.92. The molecule has 0 bridgehead atoms. The number of primary amides is 1. The van der Waals surface area contributed by atoms with E-state index in [0.717, 1.165) is 12.0 Å². The molecule has 0 aromatic carbocycles. The molecular weight excluding hydrogens is 258 g/mol. The molecule has 1 aromatic rings. The molecule has 20 heavy (non-hydrogen) atoms. The highest BCUT2D eigenvalue weighted by atomic mass is 16.5. The number of carbonyl (C=O) groups is 2. The predicted octanol–water partition coefficient (Wildman–Crippen LogP) is 0.408. The van der Waals surface area contributed by atoms with Gasteiger partial charge >= 0.3 is 0 Å². The largest absolute Gasteiger partial charge is 0.381 e. The van der Waals surface area contributed by atoms with E-state index in [2.05, 4.69) is 10.3 Å². The summed E-state index contributed by atoms with van der Waals surface area (Å²) in [5, 5.41) is 2.74. The molecule has 6 heteroatoms. The summed E-state index contributed by atoms with van der Waals surface area (Å²) in [6, 6.07) is 3.58. The molecule has 0 saturated carbocycles. The van der Waals surface area contributed by atoms with E-state index >= 15 is 0 Å². The molecule has 1 saturated heterocycles. The number of nitrogens with zero attached hydrogens (tertiary/aromatic N) is 1. The SMILES string of the molecule is CCc1ccnc(C(=O)NC2(C(N)=O)CCOCC2)c1. The number of nitrogens with two attached hydrogens (primary N) is 1. The van der Waals surface area contributed by atoms with E-state index in [4.69, 9.17) is 10.5 Å². The van der Waals surface area contributed by atoms with Crippen molar-refractivity contribution in [2.75, 3.05) is 13.2 Å². The molecule has 2 heterocycles. The maximum absolute atomic E-state index is 12.3. The lowest BCUT2D eigenvalue weighted by Crippen LogP contribution is -2.60. The quantitative estimate of drug-likeness (QED) is 0.833. The van der Waals surface area contributed by atoms with Gasteiger partial charge in [-0.1, -0.05) is 6.92 Å². The van der Waals surface area contributed by atoms with Crippen molar-refractivity contribution in [3.63, 3.8) is 0 Å². The smallest absolute Gasteiger partial charge is 0.270 e. The molecule has 0 radical (unpaired) electrons. The van der Waals surface area contributed by atoms with E-state index in [1.54, 1.807) is 12.3 Å². The zero-order chi connectivity index (χ0) is 14.6. The molecule has 0 atom stereocenters. The summed E-state index contributed by atoms with van der Waals surface area (Å²) in [5.41, 5.74) is 5.75. The third-order valence-corrected chi connectivity index (χ3v) is 3.64. The van der Waals surface area contributed by atoms with Crippen molar-refractivity contribution in [2.45, 2.75) is 31.7 Å². The number of ether oxygens (including phenoxy) is 1. The van der Waals surface area contributed by atoms with Crippen molar-refractivity contribution >= 4 is 11.8 Å². The van der Waals surface area contributed by atoms with Crippen molar-refractivity contribution in [3.05, 3.63) is 29.6 Å². The molecule has 1 fully saturated rings. The summed E-state index contributed by atoms with van der Waals surface area (Å²) in [7, 11) is 0. The fraction of sp³-hybridized carbons (Fsp3) is 0.500. The number of nitrogens with one attached hydrogen (secondary N) is 1. The number of carbonyl (C=O) groups excluding carboxylic acids is 2. The Bertz CT molecular complexity index is 510. The predicted molar refractivity (Wildman–Crippen MR) is 73.1 cm³/mol. The van der Waals surface area contributed by atoms with Crippen LogP contribution in [0.3, 0.4) is 0 Å². The van der Waals surface area contributed by atoms with E-state index in [1.165, 1.54) is 0 Å². The molecule has 3 N–H and O–H groups in total. The fourth-order valence-electron chi connectivity index (χ4n) is 2.25. The highest BCUT2D eigenvalue weighted by Crippen LogP contribution is 2.21. The molecule has 0 aliphatic carbocycles. The number of pyridine rings is 1. The van der Waals surface area contributed by atoms with Gasteiger partial charge in [0.05, 0.1) is 0 Å². The van der Waals surface area contributed by atoms with Gasteiger partial charge in [0, 0.05) is 32.3 Å². The molecule has 1 aromatic heterocycles. The fourth-order valence-corrected chi connectivity index (χ4v) is 2.25. The second kappa shape index (κ2) is 6.00. The van der Waals surface area contributed by atoms with Crippen molar-refractivity contribution in [1.82, 2.24) is 10.3 Å². The van der Waals surface area contributed by atoms with Gasteiger partial charge in [-0.3, -0.25) is 14.6 Å². The van der Waals surface area contributed by atoms with Crippen molar-refractivity contribution in [2.24, 2.45) is 5.73 Å². The van der Waals surface area contributed by atoms with E-state index in [9.17, 15) is 9.59 Å². The van der Waals surface area contributed by atoms with Crippen LogP contribution in [0.15, 0.2) is 18.3 Å². The van der Waals surface area contributed by atoms with Crippen LogP contribution >= 0.6 is 0 Å². The van der Waals surface area contributed by atoms with Crippen LogP contribution in [0.2, 0.25) is 0 Å². The summed E-state index contributed by atoms with van der Waals surface area (Å²) >= 11 is 0. The molecule has 1 aliphatic heterocycles. The van der Waals surface area contributed by atoms with Crippen LogP contribution in [-0.2, 0) is 16.0 Å². The van der Waals surface area contributed by atoms with Crippen LogP contribution in [0.5, 0.6) is 0 Å². The Balaban J connectivity index is 2.17. The third kappa shape index (κ3) is 2.96. The monoisotopic (exact) mass is 277 g/mol. The van der Waals surface area contributed by atoms with E-state index in [0.29, 0.717) is 31.7 Å². The van der Waals surface area contributed by atoms with Crippen LogP contribution in [0, 0.1) is 0 Å². The highest BCUT2D eigenvalue weighted by molar-refractivity contribution is 5.97. The normalized spacial score (nSPS) is 17.4. The van der Waals surface area contributed by atoms with Gasteiger partial charge in [-0.15, -0.1) is 0 Å². The Morgan fingerprint density at radius 1 is 1.45 bits per heavy atom. The van der Waals surface area contributed by atoms with E-state index in [1.807, 2.05) is 13.0 Å². The summed E-state index contributed by atoms with van der Waals surface area (Å²) in [4.78, 5) is 28.0. The van der Waals surface area contributed by atoms with Gasteiger partial charge in [0.1, 0.15) is 11.2 Å².